The molecule has 23 heavy (non-hydrogen) atoms. The molecule has 4 heteroatoms. The van der Waals surface area contributed by atoms with Crippen molar-refractivity contribution < 1.29 is 8.42 Å². The summed E-state index contributed by atoms with van der Waals surface area (Å²) in [7, 11) is -1.18. The third-order valence-corrected chi connectivity index (χ3v) is 6.35. The Hall–Kier alpha value is -0.870. The lowest BCUT2D eigenvalue weighted by Crippen LogP contribution is -2.45. The number of nitrogens with zero attached hydrogens (tertiary/aromatic N) is 1. The molecule has 0 spiro atoms. The second-order valence-corrected chi connectivity index (χ2v) is 7.53. The molecule has 0 saturated carbocycles. The Kier molecular flexibility index (Phi) is 13.3. The quantitative estimate of drug-likeness (QED) is 0.756. The maximum Gasteiger partial charge on any atom is 0.183 e. The van der Waals surface area contributed by atoms with Crippen LogP contribution in [0.4, 0.5) is 0 Å². The molecule has 0 N–H and O–H groups in total. The average molecular weight is 344 g/mol. The van der Waals surface area contributed by atoms with Crippen molar-refractivity contribution in [3.05, 3.63) is 30.3 Å². The van der Waals surface area contributed by atoms with Crippen LogP contribution >= 0.6 is 0 Å². The molecule has 1 heterocycles. The summed E-state index contributed by atoms with van der Waals surface area (Å²) in [5.41, 5.74) is 0. The van der Waals surface area contributed by atoms with Crippen molar-refractivity contribution >= 4 is 9.84 Å². The van der Waals surface area contributed by atoms with Crippen LogP contribution in [0.3, 0.4) is 0 Å². The van der Waals surface area contributed by atoms with Crippen molar-refractivity contribution in [3.63, 3.8) is 0 Å². The van der Waals surface area contributed by atoms with Crippen molar-refractivity contribution in [2.75, 3.05) is 20.1 Å². The largest absolute Gasteiger partial charge is 0.306 e. The lowest BCUT2D eigenvalue weighted by Gasteiger charge is -2.37. The summed E-state index contributed by atoms with van der Waals surface area (Å²) < 4.78 is 24.6. The molecular formula is C19H37NO2S. The molecular weight excluding hydrogens is 306 g/mol. The van der Waals surface area contributed by atoms with Crippen molar-refractivity contribution in [2.45, 2.75) is 71.0 Å². The SMILES string of the molecule is CC.CC.CC.CN1CCC(C)(S(=O)(=O)c2ccccc2)CC1. The van der Waals surface area contributed by atoms with Gasteiger partial charge in [-0.15, -0.1) is 0 Å². The normalized spacial score (nSPS) is 16.5. The highest BCUT2D eigenvalue weighted by atomic mass is 32.2. The Bertz CT molecular complexity index is 475. The second kappa shape index (κ2) is 12.5. The van der Waals surface area contributed by atoms with Gasteiger partial charge in [0, 0.05) is 0 Å². The van der Waals surface area contributed by atoms with Gasteiger partial charge < -0.3 is 4.90 Å². The number of rotatable bonds is 2. The predicted octanol–water partition coefficient (Wildman–Crippen LogP) is 5.02. The first-order chi connectivity index (χ1) is 11.0. The fraction of sp³-hybridized carbons (Fsp3) is 0.684. The molecule has 1 fully saturated rings. The maximum atomic E-state index is 12.6. The minimum Gasteiger partial charge on any atom is -0.306 e. The van der Waals surface area contributed by atoms with Gasteiger partial charge in [0.15, 0.2) is 9.84 Å². The summed E-state index contributed by atoms with van der Waals surface area (Å²) in [5, 5.41) is 0. The highest BCUT2D eigenvalue weighted by molar-refractivity contribution is 7.92. The van der Waals surface area contributed by atoms with Crippen LogP contribution in [0.25, 0.3) is 0 Å². The van der Waals surface area contributed by atoms with Gasteiger partial charge in [0.1, 0.15) is 0 Å². The third-order valence-electron chi connectivity index (χ3n) is 3.75. The maximum absolute atomic E-state index is 12.6. The monoisotopic (exact) mass is 343 g/mol. The van der Waals surface area contributed by atoms with E-state index in [1.165, 1.54) is 0 Å². The van der Waals surface area contributed by atoms with E-state index in [2.05, 4.69) is 4.90 Å². The number of hydrogen-bond donors (Lipinski definition) is 0. The lowest BCUT2D eigenvalue weighted by molar-refractivity contribution is 0.240. The van der Waals surface area contributed by atoms with E-state index in [9.17, 15) is 8.42 Å². The fourth-order valence-electron chi connectivity index (χ4n) is 2.24. The molecule has 0 radical (unpaired) electrons. The van der Waals surface area contributed by atoms with Crippen molar-refractivity contribution in [2.24, 2.45) is 0 Å². The summed E-state index contributed by atoms with van der Waals surface area (Å²) in [6.45, 7) is 15.6. The molecule has 136 valence electrons. The Morgan fingerprint density at radius 2 is 1.26 bits per heavy atom. The van der Waals surface area contributed by atoms with Crippen LogP contribution < -0.4 is 0 Å². The topological polar surface area (TPSA) is 37.4 Å². The Balaban J connectivity index is 0. The first kappa shape index (κ1) is 24.4. The molecule has 0 bridgehead atoms. The zero-order valence-electron chi connectivity index (χ0n) is 16.4. The molecule has 0 amide bonds. The molecule has 1 aromatic carbocycles. The average Bonchev–Trinajstić information content (AvgIpc) is 2.63. The van der Waals surface area contributed by atoms with Gasteiger partial charge in [-0.05, 0) is 52.0 Å². The van der Waals surface area contributed by atoms with Gasteiger partial charge in [0.2, 0.25) is 0 Å². The van der Waals surface area contributed by atoms with E-state index in [-0.39, 0.29) is 0 Å². The van der Waals surface area contributed by atoms with Gasteiger partial charge in [0.05, 0.1) is 9.64 Å². The number of likely N-dealkylation sites (tertiary alicyclic amines) is 1. The first-order valence-corrected chi connectivity index (χ1v) is 10.4. The van der Waals surface area contributed by atoms with Crippen molar-refractivity contribution in [1.82, 2.24) is 4.90 Å². The molecule has 1 aliphatic rings. The molecule has 1 saturated heterocycles. The van der Waals surface area contributed by atoms with Crippen LogP contribution in [0, 0.1) is 0 Å². The van der Waals surface area contributed by atoms with Crippen LogP contribution in [0.2, 0.25) is 0 Å². The van der Waals surface area contributed by atoms with Crippen LogP contribution in [-0.4, -0.2) is 38.2 Å². The smallest absolute Gasteiger partial charge is 0.183 e. The molecule has 0 unspecified atom stereocenters. The van der Waals surface area contributed by atoms with E-state index < -0.39 is 14.6 Å². The Morgan fingerprint density at radius 3 is 1.65 bits per heavy atom. The van der Waals surface area contributed by atoms with Crippen LogP contribution in [-0.2, 0) is 9.84 Å². The third kappa shape index (κ3) is 6.64. The minimum absolute atomic E-state index is 0.451. The second-order valence-electron chi connectivity index (χ2n) is 5.07. The van der Waals surface area contributed by atoms with Gasteiger partial charge in [-0.25, -0.2) is 8.42 Å². The first-order valence-electron chi connectivity index (χ1n) is 8.94. The van der Waals surface area contributed by atoms with E-state index in [0.717, 1.165) is 13.1 Å². The lowest BCUT2D eigenvalue weighted by atomic mass is 9.98. The van der Waals surface area contributed by atoms with Gasteiger partial charge in [0.25, 0.3) is 0 Å². The summed E-state index contributed by atoms with van der Waals surface area (Å²) in [5.74, 6) is 0. The van der Waals surface area contributed by atoms with Gasteiger partial charge in [-0.3, -0.25) is 0 Å². The molecule has 0 aromatic heterocycles. The Morgan fingerprint density at radius 1 is 0.870 bits per heavy atom. The van der Waals surface area contributed by atoms with Crippen LogP contribution in [0.1, 0.15) is 61.3 Å². The highest BCUT2D eigenvalue weighted by Crippen LogP contribution is 2.34. The van der Waals surface area contributed by atoms with Crippen LogP contribution in [0.15, 0.2) is 35.2 Å². The van der Waals surface area contributed by atoms with Crippen molar-refractivity contribution in [3.8, 4) is 0 Å². The van der Waals surface area contributed by atoms with Gasteiger partial charge in [-0.1, -0.05) is 59.7 Å². The number of sulfone groups is 1. The molecule has 3 nitrogen and oxygen atoms in total. The van der Waals surface area contributed by atoms with Gasteiger partial charge in [-0.2, -0.15) is 0 Å². The van der Waals surface area contributed by atoms with E-state index in [1.807, 2.05) is 61.6 Å². The van der Waals surface area contributed by atoms with E-state index in [1.54, 1.807) is 24.3 Å². The zero-order chi connectivity index (χ0) is 18.5. The minimum atomic E-state index is -3.21. The molecule has 2 rings (SSSR count). The molecule has 1 aliphatic heterocycles. The predicted molar refractivity (Wildman–Crippen MR) is 103 cm³/mol. The zero-order valence-corrected chi connectivity index (χ0v) is 17.2. The summed E-state index contributed by atoms with van der Waals surface area (Å²) >= 11 is 0. The summed E-state index contributed by atoms with van der Waals surface area (Å²) in [6, 6.07) is 8.80. The fourth-order valence-corrected chi connectivity index (χ4v) is 4.05. The van der Waals surface area contributed by atoms with Gasteiger partial charge >= 0.3 is 0 Å². The number of hydrogen-bond acceptors (Lipinski definition) is 3. The van der Waals surface area contributed by atoms with Crippen molar-refractivity contribution in [1.29, 1.82) is 0 Å². The van der Waals surface area contributed by atoms with E-state index in [0.29, 0.717) is 17.7 Å². The summed E-state index contributed by atoms with van der Waals surface area (Å²) in [4.78, 5) is 2.63. The Labute approximate surface area is 145 Å². The standard InChI is InChI=1S/C13H19NO2S.3C2H6/c1-13(8-10-14(2)11-9-13)17(15,16)12-6-4-3-5-7-12;3*1-2/h3-7H,8-11H2,1-2H3;3*1-2H3. The molecule has 1 aromatic rings. The highest BCUT2D eigenvalue weighted by Gasteiger charge is 2.41. The van der Waals surface area contributed by atoms with Crippen LogP contribution in [0.5, 0.6) is 0 Å². The summed E-state index contributed by atoms with van der Waals surface area (Å²) in [6.07, 6.45) is 1.42. The van der Waals surface area contributed by atoms with E-state index in [4.69, 9.17) is 0 Å². The van der Waals surface area contributed by atoms with E-state index >= 15 is 0 Å². The number of piperidine rings is 1. The molecule has 0 aliphatic carbocycles. The molecule has 0 atom stereocenters. The number of benzene rings is 1.